The van der Waals surface area contributed by atoms with E-state index in [0.717, 1.165) is 12.8 Å². The van der Waals surface area contributed by atoms with Gasteiger partial charge in [-0.15, -0.1) is 6.42 Å². The lowest BCUT2D eigenvalue weighted by Gasteiger charge is -2.20. The van der Waals surface area contributed by atoms with Gasteiger partial charge in [0.2, 0.25) is 0 Å². The van der Waals surface area contributed by atoms with Crippen LogP contribution in [0, 0.1) is 18.3 Å². The van der Waals surface area contributed by atoms with Crippen LogP contribution in [0.2, 0.25) is 0 Å². The summed E-state index contributed by atoms with van der Waals surface area (Å²) in [5.74, 6) is 2.57. The van der Waals surface area contributed by atoms with Gasteiger partial charge in [0, 0.05) is 6.54 Å². The molecular formula is C12H18N2O3. The van der Waals surface area contributed by atoms with Gasteiger partial charge < -0.3 is 15.0 Å². The average molecular weight is 238 g/mol. The SMILES string of the molecule is C#CCN(CC1CC1)C(=O)NCC(=O)OCC. The van der Waals surface area contributed by atoms with Crippen LogP contribution in [-0.2, 0) is 9.53 Å². The van der Waals surface area contributed by atoms with Crippen molar-refractivity contribution in [3.63, 3.8) is 0 Å². The Morgan fingerprint density at radius 1 is 1.53 bits per heavy atom. The molecule has 0 atom stereocenters. The summed E-state index contributed by atoms with van der Waals surface area (Å²) in [6.45, 7) is 2.85. The number of esters is 1. The molecule has 0 aromatic rings. The van der Waals surface area contributed by atoms with Gasteiger partial charge in [-0.2, -0.15) is 0 Å². The third kappa shape index (κ3) is 5.25. The number of nitrogens with zero attached hydrogens (tertiary/aromatic N) is 1. The molecule has 1 aliphatic carbocycles. The predicted octanol–water partition coefficient (Wildman–Crippen LogP) is 0.604. The van der Waals surface area contributed by atoms with Crippen molar-refractivity contribution in [1.82, 2.24) is 10.2 Å². The van der Waals surface area contributed by atoms with Crippen LogP contribution >= 0.6 is 0 Å². The Morgan fingerprint density at radius 2 is 2.24 bits per heavy atom. The Labute approximate surface area is 101 Å². The molecule has 1 aliphatic rings. The Morgan fingerprint density at radius 3 is 2.76 bits per heavy atom. The number of nitrogens with one attached hydrogen (secondary N) is 1. The van der Waals surface area contributed by atoms with Crippen molar-refractivity contribution in [2.45, 2.75) is 19.8 Å². The van der Waals surface area contributed by atoms with Crippen LogP contribution in [0.3, 0.4) is 0 Å². The van der Waals surface area contributed by atoms with Crippen molar-refractivity contribution in [3.8, 4) is 12.3 Å². The molecule has 5 heteroatoms. The number of rotatable bonds is 6. The molecule has 0 heterocycles. The molecular weight excluding hydrogens is 220 g/mol. The van der Waals surface area contributed by atoms with E-state index in [0.29, 0.717) is 19.1 Å². The highest BCUT2D eigenvalue weighted by Gasteiger charge is 2.26. The molecule has 94 valence electrons. The third-order valence-electron chi connectivity index (χ3n) is 2.43. The standard InChI is InChI=1S/C12H18N2O3/c1-3-7-14(9-10-5-6-10)12(16)13-8-11(15)17-4-2/h1,10H,4-9H2,2H3,(H,13,16). The molecule has 5 nitrogen and oxygen atoms in total. The maximum atomic E-state index is 11.7. The molecule has 0 radical (unpaired) electrons. The molecule has 1 saturated carbocycles. The van der Waals surface area contributed by atoms with E-state index in [4.69, 9.17) is 11.2 Å². The van der Waals surface area contributed by atoms with Gasteiger partial charge in [0.1, 0.15) is 6.54 Å². The quantitative estimate of drug-likeness (QED) is 0.544. The molecule has 1 N–H and O–H groups in total. The van der Waals surface area contributed by atoms with Gasteiger partial charge in [-0.05, 0) is 25.7 Å². The van der Waals surface area contributed by atoms with Crippen LogP contribution in [0.4, 0.5) is 4.79 Å². The molecule has 0 aliphatic heterocycles. The van der Waals surface area contributed by atoms with Gasteiger partial charge in [0.15, 0.2) is 0 Å². The van der Waals surface area contributed by atoms with Crippen LogP contribution in [0.15, 0.2) is 0 Å². The Kier molecular flexibility index (Phi) is 5.34. The first kappa shape index (κ1) is 13.4. The summed E-state index contributed by atoms with van der Waals surface area (Å²) >= 11 is 0. The van der Waals surface area contributed by atoms with E-state index in [9.17, 15) is 9.59 Å². The highest BCUT2D eigenvalue weighted by molar-refractivity contribution is 5.81. The minimum atomic E-state index is -0.437. The summed E-state index contributed by atoms with van der Waals surface area (Å²) < 4.78 is 4.71. The fraction of sp³-hybridized carbons (Fsp3) is 0.667. The minimum absolute atomic E-state index is 0.113. The first-order valence-corrected chi connectivity index (χ1v) is 5.79. The monoisotopic (exact) mass is 238 g/mol. The van der Waals surface area contributed by atoms with Crippen molar-refractivity contribution in [3.05, 3.63) is 0 Å². The zero-order valence-corrected chi connectivity index (χ0v) is 10.1. The second-order valence-corrected chi connectivity index (χ2v) is 3.99. The van der Waals surface area contributed by atoms with E-state index in [1.165, 1.54) is 0 Å². The van der Waals surface area contributed by atoms with Crippen molar-refractivity contribution in [2.75, 3.05) is 26.2 Å². The average Bonchev–Trinajstić information content (AvgIpc) is 3.09. The van der Waals surface area contributed by atoms with Crippen molar-refractivity contribution < 1.29 is 14.3 Å². The van der Waals surface area contributed by atoms with E-state index >= 15 is 0 Å². The van der Waals surface area contributed by atoms with Gasteiger partial charge in [0.25, 0.3) is 0 Å². The zero-order valence-electron chi connectivity index (χ0n) is 10.1. The zero-order chi connectivity index (χ0) is 12.7. The summed E-state index contributed by atoms with van der Waals surface area (Å²) in [6, 6.07) is -0.303. The number of ether oxygens (including phenoxy) is 1. The maximum Gasteiger partial charge on any atom is 0.325 e. The molecule has 1 fully saturated rings. The summed E-state index contributed by atoms with van der Waals surface area (Å²) in [5.41, 5.74) is 0. The number of hydrogen-bond donors (Lipinski definition) is 1. The van der Waals surface area contributed by atoms with E-state index in [-0.39, 0.29) is 19.1 Å². The number of terminal acetylenes is 1. The number of carbonyl (C=O) groups excluding carboxylic acids is 2. The minimum Gasteiger partial charge on any atom is -0.465 e. The summed E-state index contributed by atoms with van der Waals surface area (Å²) in [5, 5.41) is 2.50. The summed E-state index contributed by atoms with van der Waals surface area (Å²) in [7, 11) is 0. The molecule has 0 spiro atoms. The lowest BCUT2D eigenvalue weighted by atomic mass is 10.4. The number of hydrogen-bond acceptors (Lipinski definition) is 3. The van der Waals surface area contributed by atoms with Crippen LogP contribution in [0.5, 0.6) is 0 Å². The topological polar surface area (TPSA) is 58.6 Å². The largest absolute Gasteiger partial charge is 0.465 e. The van der Waals surface area contributed by atoms with E-state index < -0.39 is 5.97 Å². The van der Waals surface area contributed by atoms with Crippen LogP contribution in [-0.4, -0.2) is 43.1 Å². The molecule has 0 aromatic heterocycles. The van der Waals surface area contributed by atoms with E-state index in [2.05, 4.69) is 11.2 Å². The van der Waals surface area contributed by atoms with Gasteiger partial charge in [-0.1, -0.05) is 5.92 Å². The van der Waals surface area contributed by atoms with Crippen LogP contribution in [0.1, 0.15) is 19.8 Å². The van der Waals surface area contributed by atoms with Crippen LogP contribution in [0.25, 0.3) is 0 Å². The predicted molar refractivity (Wildman–Crippen MR) is 63.2 cm³/mol. The first-order valence-electron chi connectivity index (χ1n) is 5.79. The molecule has 1 rings (SSSR count). The number of carbonyl (C=O) groups is 2. The molecule has 17 heavy (non-hydrogen) atoms. The van der Waals surface area contributed by atoms with E-state index in [1.54, 1.807) is 11.8 Å². The lowest BCUT2D eigenvalue weighted by molar-refractivity contribution is -0.141. The normalized spacial score (nSPS) is 13.6. The highest BCUT2D eigenvalue weighted by Crippen LogP contribution is 2.29. The Balaban J connectivity index is 2.31. The van der Waals surface area contributed by atoms with Gasteiger partial charge >= 0.3 is 12.0 Å². The van der Waals surface area contributed by atoms with Crippen LogP contribution < -0.4 is 5.32 Å². The fourth-order valence-electron chi connectivity index (χ4n) is 1.41. The van der Waals surface area contributed by atoms with Gasteiger partial charge in [-0.3, -0.25) is 4.79 Å². The third-order valence-corrected chi connectivity index (χ3v) is 2.43. The van der Waals surface area contributed by atoms with E-state index in [1.807, 2.05) is 0 Å². The molecule has 0 saturated heterocycles. The van der Waals surface area contributed by atoms with Crippen molar-refractivity contribution in [1.29, 1.82) is 0 Å². The first-order chi connectivity index (χ1) is 8.17. The molecule has 2 amide bonds. The Hall–Kier alpha value is -1.70. The van der Waals surface area contributed by atoms with Gasteiger partial charge in [0.05, 0.1) is 13.2 Å². The molecule has 0 bridgehead atoms. The maximum absolute atomic E-state index is 11.7. The summed E-state index contributed by atoms with van der Waals surface area (Å²) in [4.78, 5) is 24.3. The second-order valence-electron chi connectivity index (χ2n) is 3.99. The highest BCUT2D eigenvalue weighted by atomic mass is 16.5. The molecule has 0 aromatic carbocycles. The lowest BCUT2D eigenvalue weighted by Crippen LogP contribution is -2.43. The number of amides is 2. The summed E-state index contributed by atoms with van der Waals surface area (Å²) in [6.07, 6.45) is 7.49. The smallest absolute Gasteiger partial charge is 0.325 e. The Bertz CT molecular complexity index is 318. The molecule has 0 unspecified atom stereocenters. The van der Waals surface area contributed by atoms with Crippen molar-refractivity contribution in [2.24, 2.45) is 5.92 Å². The van der Waals surface area contributed by atoms with Gasteiger partial charge in [-0.25, -0.2) is 4.79 Å². The van der Waals surface area contributed by atoms with Crippen molar-refractivity contribution >= 4 is 12.0 Å². The second kappa shape index (κ2) is 6.79. The fourth-order valence-corrected chi connectivity index (χ4v) is 1.41. The number of urea groups is 1.